The van der Waals surface area contributed by atoms with Crippen LogP contribution in [0.1, 0.15) is 7.43 Å². The molecule has 0 bridgehead atoms. The fourth-order valence-corrected chi connectivity index (χ4v) is 14.1. The predicted molar refractivity (Wildman–Crippen MR) is 307 cm³/mol. The largest absolute Gasteiger partial charge is 0.311 e. The standard InChI is InChI=1S/C60H52B2N4Si2.CH4/c1-67(2,3)45-35-31-43(32-36-45)65-55-29-17-27-53-59(55)61(47-23-13-15-25-51(47)63(53)41-19-9-7-10-20-41)49-39-50-58(40-57(49)65)66(44-33-37-46(38-34-44)68(4,5)6)56-30-18-28-54-60(56)62(50)48-24-14-16-26-52(48)64(54)42-21-11-8-12-22-42;/h7-40H,1-6H3;1H4. The smallest absolute Gasteiger partial charge is 0.252 e. The van der Waals surface area contributed by atoms with E-state index < -0.39 is 16.1 Å². The Morgan fingerprint density at radius 1 is 0.275 bits per heavy atom. The molecule has 0 radical (unpaired) electrons. The molecule has 4 aliphatic heterocycles. The summed E-state index contributed by atoms with van der Waals surface area (Å²) in [5.41, 5.74) is 22.5. The molecule has 9 aromatic rings. The molecule has 0 fully saturated rings. The molecule has 334 valence electrons. The summed E-state index contributed by atoms with van der Waals surface area (Å²) in [7, 11) is -3.14. The molecule has 0 atom stereocenters. The van der Waals surface area contributed by atoms with Gasteiger partial charge in [0.25, 0.3) is 13.4 Å². The molecule has 0 saturated heterocycles. The summed E-state index contributed by atoms with van der Waals surface area (Å²) in [6.45, 7) is 14.6. The Hall–Kier alpha value is -7.26. The quantitative estimate of drug-likeness (QED) is 0.154. The van der Waals surface area contributed by atoms with E-state index in [9.17, 15) is 0 Å². The zero-order valence-electron chi connectivity index (χ0n) is 39.6. The maximum atomic E-state index is 2.64. The van der Waals surface area contributed by atoms with Crippen LogP contribution in [0.3, 0.4) is 0 Å². The molecule has 0 unspecified atom stereocenters. The van der Waals surface area contributed by atoms with Gasteiger partial charge in [0.05, 0.1) is 16.1 Å². The average molecular weight is 923 g/mol. The fraction of sp³-hybridized carbons (Fsp3) is 0.115. The van der Waals surface area contributed by atoms with E-state index in [-0.39, 0.29) is 20.9 Å². The third-order valence-corrected chi connectivity index (χ3v) is 19.1. The summed E-state index contributed by atoms with van der Waals surface area (Å²) in [5, 5.41) is 2.92. The van der Waals surface area contributed by atoms with E-state index in [0.29, 0.717) is 0 Å². The number of fused-ring (bicyclic) bond motifs is 8. The second-order valence-electron chi connectivity index (χ2n) is 21.0. The molecule has 0 amide bonds. The first-order valence-corrected chi connectivity index (χ1v) is 31.2. The average Bonchev–Trinajstić information content (AvgIpc) is 3.36. The Morgan fingerprint density at radius 2 is 0.580 bits per heavy atom. The highest BCUT2D eigenvalue weighted by Gasteiger charge is 2.48. The van der Waals surface area contributed by atoms with Crippen LogP contribution in [0.15, 0.2) is 206 Å². The van der Waals surface area contributed by atoms with Crippen molar-refractivity contribution in [1.82, 2.24) is 0 Å². The summed E-state index contributed by atoms with van der Waals surface area (Å²) in [6.07, 6.45) is 0. The molecule has 4 aliphatic rings. The molecule has 8 heteroatoms. The lowest BCUT2D eigenvalue weighted by molar-refractivity contribution is 1.23. The van der Waals surface area contributed by atoms with Crippen molar-refractivity contribution in [2.75, 3.05) is 19.6 Å². The van der Waals surface area contributed by atoms with Crippen molar-refractivity contribution >= 4 is 141 Å². The topological polar surface area (TPSA) is 13.0 Å². The summed E-state index contributed by atoms with van der Waals surface area (Å²) >= 11 is 0. The number of para-hydroxylation sites is 4. The Morgan fingerprint density at radius 3 is 0.942 bits per heavy atom. The highest BCUT2D eigenvalue weighted by Crippen LogP contribution is 2.48. The number of rotatable bonds is 6. The molecule has 0 saturated carbocycles. The maximum absolute atomic E-state index is 2.64. The van der Waals surface area contributed by atoms with Gasteiger partial charge in [0, 0.05) is 68.2 Å². The molecule has 0 aromatic heterocycles. The van der Waals surface area contributed by atoms with Crippen LogP contribution >= 0.6 is 0 Å². The SMILES string of the molecule is C.C[Si](C)(C)c1ccc(N2c3cc4c(cc3B3c5ccccc5N(c5ccccc5)c5cccc2c53)B2c3ccccc3N(c3ccccc3)c3cccc(c32)N4c2ccc([Si](C)(C)C)cc2)cc1. The van der Waals surface area contributed by atoms with Crippen LogP contribution < -0.4 is 62.7 Å². The monoisotopic (exact) mass is 922 g/mol. The van der Waals surface area contributed by atoms with Gasteiger partial charge in [-0.3, -0.25) is 0 Å². The van der Waals surface area contributed by atoms with Crippen LogP contribution in [0.2, 0.25) is 39.3 Å². The van der Waals surface area contributed by atoms with Crippen LogP contribution in [0.5, 0.6) is 0 Å². The molecule has 4 heterocycles. The molecule has 9 aromatic carbocycles. The van der Waals surface area contributed by atoms with Crippen LogP contribution in [-0.4, -0.2) is 29.6 Å². The minimum Gasteiger partial charge on any atom is -0.311 e. The molecule has 13 rings (SSSR count). The Kier molecular flexibility index (Phi) is 9.93. The first kappa shape index (κ1) is 43.1. The van der Waals surface area contributed by atoms with Gasteiger partial charge in [-0.1, -0.05) is 172 Å². The number of hydrogen-bond acceptors (Lipinski definition) is 4. The van der Waals surface area contributed by atoms with Gasteiger partial charge in [0.2, 0.25) is 0 Å². The van der Waals surface area contributed by atoms with Gasteiger partial charge in [0.15, 0.2) is 0 Å². The number of anilines is 12. The molecule has 0 aliphatic carbocycles. The number of hydrogen-bond donors (Lipinski definition) is 0. The minimum atomic E-state index is -1.57. The zero-order chi connectivity index (χ0) is 46.1. The zero-order valence-corrected chi connectivity index (χ0v) is 41.6. The van der Waals surface area contributed by atoms with Crippen LogP contribution in [-0.2, 0) is 0 Å². The van der Waals surface area contributed by atoms with Crippen molar-refractivity contribution in [1.29, 1.82) is 0 Å². The normalized spacial score (nSPS) is 13.9. The molecule has 0 spiro atoms. The predicted octanol–water partition coefficient (Wildman–Crippen LogP) is 11.6. The lowest BCUT2D eigenvalue weighted by Gasteiger charge is -2.47. The first-order valence-electron chi connectivity index (χ1n) is 24.2. The number of benzene rings is 9. The molecule has 4 nitrogen and oxygen atoms in total. The highest BCUT2D eigenvalue weighted by molar-refractivity contribution is 7.03. The number of nitrogens with zero attached hydrogens (tertiary/aromatic N) is 4. The van der Waals surface area contributed by atoms with Gasteiger partial charge < -0.3 is 19.6 Å². The van der Waals surface area contributed by atoms with Crippen molar-refractivity contribution in [3.05, 3.63) is 206 Å². The lowest BCUT2D eigenvalue weighted by Crippen LogP contribution is -2.65. The molecule has 69 heavy (non-hydrogen) atoms. The Balaban J connectivity index is 0.00000492. The Bertz CT molecular complexity index is 3230. The fourth-order valence-electron chi connectivity index (χ4n) is 11.7. The summed E-state index contributed by atoms with van der Waals surface area (Å²) in [6, 6.07) is 78.4. The Labute approximate surface area is 411 Å². The third kappa shape index (κ3) is 6.56. The van der Waals surface area contributed by atoms with Crippen molar-refractivity contribution in [2.45, 2.75) is 46.7 Å². The second-order valence-corrected chi connectivity index (χ2v) is 31.1. The first-order chi connectivity index (χ1) is 33.0. The van der Waals surface area contributed by atoms with Crippen LogP contribution in [0.4, 0.5) is 68.2 Å². The second kappa shape index (κ2) is 15.9. The maximum Gasteiger partial charge on any atom is 0.252 e. The van der Waals surface area contributed by atoms with Crippen molar-refractivity contribution in [3.63, 3.8) is 0 Å². The van der Waals surface area contributed by atoms with E-state index in [1.54, 1.807) is 0 Å². The van der Waals surface area contributed by atoms with Crippen molar-refractivity contribution < 1.29 is 0 Å². The van der Waals surface area contributed by atoms with Gasteiger partial charge in [0.1, 0.15) is 0 Å². The highest BCUT2D eigenvalue weighted by atomic mass is 28.3. The van der Waals surface area contributed by atoms with E-state index in [2.05, 4.69) is 265 Å². The van der Waals surface area contributed by atoms with Gasteiger partial charge in [-0.25, -0.2) is 0 Å². The minimum absolute atomic E-state index is 0. The van der Waals surface area contributed by atoms with E-state index >= 15 is 0 Å². The van der Waals surface area contributed by atoms with Gasteiger partial charge in [-0.2, -0.15) is 0 Å². The van der Waals surface area contributed by atoms with Crippen LogP contribution in [0.25, 0.3) is 0 Å². The van der Waals surface area contributed by atoms with Gasteiger partial charge >= 0.3 is 0 Å². The third-order valence-electron chi connectivity index (χ3n) is 14.9. The van der Waals surface area contributed by atoms with Crippen LogP contribution in [0, 0.1) is 0 Å². The van der Waals surface area contributed by atoms with E-state index in [0.717, 1.165) is 11.4 Å². The molecular weight excluding hydrogens is 866 g/mol. The summed E-state index contributed by atoms with van der Waals surface area (Å²) < 4.78 is 0. The van der Waals surface area contributed by atoms with Crippen molar-refractivity contribution in [3.8, 4) is 0 Å². The molecular formula is C61H56B2N4Si2. The lowest BCUT2D eigenvalue weighted by atomic mass is 9.30. The molecule has 0 N–H and O–H groups in total. The van der Waals surface area contributed by atoms with E-state index in [4.69, 9.17) is 0 Å². The van der Waals surface area contributed by atoms with E-state index in [1.165, 1.54) is 100 Å². The van der Waals surface area contributed by atoms with Crippen molar-refractivity contribution in [2.24, 2.45) is 0 Å². The summed E-state index contributed by atoms with van der Waals surface area (Å²) in [5.74, 6) is 0. The van der Waals surface area contributed by atoms with Gasteiger partial charge in [-0.05, 0) is 124 Å². The van der Waals surface area contributed by atoms with Gasteiger partial charge in [-0.15, -0.1) is 0 Å². The van der Waals surface area contributed by atoms with E-state index in [1.807, 2.05) is 0 Å². The summed E-state index contributed by atoms with van der Waals surface area (Å²) in [4.78, 5) is 10.1.